The molecule has 122 valence electrons. The van der Waals surface area contributed by atoms with Crippen LogP contribution in [0.1, 0.15) is 10.4 Å². The Morgan fingerprint density at radius 3 is 2.46 bits per heavy atom. The minimum atomic E-state index is -1.29. The van der Waals surface area contributed by atoms with E-state index < -0.39 is 17.2 Å². The van der Waals surface area contributed by atoms with E-state index >= 15 is 0 Å². The fourth-order valence-corrected chi connectivity index (χ4v) is 2.40. The van der Waals surface area contributed by atoms with Crippen LogP contribution in [0.5, 0.6) is 0 Å². The summed E-state index contributed by atoms with van der Waals surface area (Å²) in [4.78, 5) is 27.7. The molecule has 0 amide bonds. The Kier molecular flexibility index (Phi) is 4.24. The van der Waals surface area contributed by atoms with E-state index in [9.17, 15) is 19.1 Å². The third-order valence-corrected chi connectivity index (χ3v) is 3.64. The number of rotatable bonds is 5. The summed E-state index contributed by atoms with van der Waals surface area (Å²) >= 11 is 0. The van der Waals surface area contributed by atoms with Crippen molar-refractivity contribution in [1.82, 2.24) is 14.1 Å². The lowest BCUT2D eigenvalue weighted by Crippen LogP contribution is -2.20. The molecule has 0 aliphatic heterocycles. The maximum atomic E-state index is 13.1. The molecule has 2 aromatic heterocycles. The van der Waals surface area contributed by atoms with Crippen molar-refractivity contribution in [2.75, 3.05) is 0 Å². The molecule has 0 aliphatic rings. The molecule has 3 rings (SSSR count). The van der Waals surface area contributed by atoms with Crippen molar-refractivity contribution < 1.29 is 14.3 Å². The molecular formula is C17H14FN3O3. The van der Waals surface area contributed by atoms with Gasteiger partial charge in [0.2, 0.25) is 5.43 Å². The highest BCUT2D eigenvalue weighted by molar-refractivity contribution is 5.88. The van der Waals surface area contributed by atoms with Crippen LogP contribution in [-0.4, -0.2) is 25.2 Å². The van der Waals surface area contributed by atoms with Crippen molar-refractivity contribution in [3.8, 4) is 11.1 Å². The van der Waals surface area contributed by atoms with Crippen molar-refractivity contribution in [2.45, 2.75) is 13.1 Å². The summed E-state index contributed by atoms with van der Waals surface area (Å²) in [7, 11) is 0. The van der Waals surface area contributed by atoms with Gasteiger partial charge in [0.1, 0.15) is 11.4 Å². The first-order chi connectivity index (χ1) is 11.5. The third kappa shape index (κ3) is 3.24. The smallest absolute Gasteiger partial charge is 0.341 e. The zero-order valence-corrected chi connectivity index (χ0v) is 12.6. The maximum absolute atomic E-state index is 13.1. The standard InChI is InChI=1S/C17H14FN3O3/c18-13-3-1-12(2-4-13)14-9-21(8-7-20-6-5-19-11-20)10-15(16(14)22)17(23)24/h1-6,9-11H,7-8H2,(H,23,24). The molecule has 7 heteroatoms. The first kappa shape index (κ1) is 15.7. The number of hydrogen-bond acceptors (Lipinski definition) is 3. The zero-order chi connectivity index (χ0) is 17.1. The van der Waals surface area contributed by atoms with Crippen molar-refractivity contribution in [3.05, 3.63) is 77.0 Å². The van der Waals surface area contributed by atoms with Gasteiger partial charge in [0.05, 0.1) is 6.33 Å². The number of carbonyl (C=O) groups is 1. The number of carboxylic acid groups (broad SMARTS) is 1. The Hall–Kier alpha value is -3.22. The van der Waals surface area contributed by atoms with E-state index in [1.165, 1.54) is 30.5 Å². The lowest BCUT2D eigenvalue weighted by atomic mass is 10.0. The van der Waals surface area contributed by atoms with Crippen LogP contribution in [0.25, 0.3) is 11.1 Å². The fraction of sp³-hybridized carbons (Fsp3) is 0.118. The molecule has 0 radical (unpaired) electrons. The summed E-state index contributed by atoms with van der Waals surface area (Å²) in [5.74, 6) is -1.71. The third-order valence-electron chi connectivity index (χ3n) is 3.64. The van der Waals surface area contributed by atoms with E-state index in [1.54, 1.807) is 29.5 Å². The molecule has 1 N–H and O–H groups in total. The highest BCUT2D eigenvalue weighted by atomic mass is 19.1. The van der Waals surface area contributed by atoms with Gasteiger partial charge < -0.3 is 14.2 Å². The summed E-state index contributed by atoms with van der Waals surface area (Å²) in [6, 6.07) is 5.38. The van der Waals surface area contributed by atoms with Gasteiger partial charge in [-0.15, -0.1) is 0 Å². The van der Waals surface area contributed by atoms with Crippen LogP contribution in [0.2, 0.25) is 0 Å². The van der Waals surface area contributed by atoms with Crippen LogP contribution in [0.3, 0.4) is 0 Å². The molecule has 0 saturated carbocycles. The molecule has 0 spiro atoms. The quantitative estimate of drug-likeness (QED) is 0.780. The monoisotopic (exact) mass is 327 g/mol. The Balaban J connectivity index is 2.02. The van der Waals surface area contributed by atoms with Crippen LogP contribution in [0, 0.1) is 5.82 Å². The predicted octanol–water partition coefficient (Wildman–Crippen LogP) is 2.25. The van der Waals surface area contributed by atoms with Crippen LogP contribution in [0.15, 0.2) is 60.2 Å². The summed E-state index contributed by atoms with van der Waals surface area (Å²) in [6.07, 6.45) is 7.99. The van der Waals surface area contributed by atoms with E-state index in [2.05, 4.69) is 4.98 Å². The molecular weight excluding hydrogens is 313 g/mol. The molecule has 0 saturated heterocycles. The van der Waals surface area contributed by atoms with E-state index in [1.807, 2.05) is 4.57 Å². The molecule has 2 heterocycles. The van der Waals surface area contributed by atoms with Crippen molar-refractivity contribution in [2.24, 2.45) is 0 Å². The van der Waals surface area contributed by atoms with Gasteiger partial charge in [-0.1, -0.05) is 12.1 Å². The predicted molar refractivity (Wildman–Crippen MR) is 85.3 cm³/mol. The summed E-state index contributed by atoms with van der Waals surface area (Å²) in [6.45, 7) is 1.04. The molecule has 0 unspecified atom stereocenters. The zero-order valence-electron chi connectivity index (χ0n) is 12.6. The normalized spacial score (nSPS) is 10.7. The molecule has 0 bridgehead atoms. The van der Waals surface area contributed by atoms with E-state index in [0.717, 1.165) is 0 Å². The molecule has 24 heavy (non-hydrogen) atoms. The lowest BCUT2D eigenvalue weighted by Gasteiger charge is -2.11. The van der Waals surface area contributed by atoms with Gasteiger partial charge in [-0.05, 0) is 17.7 Å². The topological polar surface area (TPSA) is 77.1 Å². The summed E-state index contributed by atoms with van der Waals surface area (Å²) in [5.41, 5.74) is -0.211. The average Bonchev–Trinajstić information content (AvgIpc) is 3.08. The highest BCUT2D eigenvalue weighted by Crippen LogP contribution is 2.17. The molecule has 0 aliphatic carbocycles. The van der Waals surface area contributed by atoms with Gasteiger partial charge in [-0.25, -0.2) is 14.2 Å². The number of aromatic nitrogens is 3. The van der Waals surface area contributed by atoms with Gasteiger partial charge in [0.25, 0.3) is 0 Å². The first-order valence-electron chi connectivity index (χ1n) is 7.23. The summed E-state index contributed by atoms with van der Waals surface area (Å²) in [5, 5.41) is 9.27. The minimum Gasteiger partial charge on any atom is -0.477 e. The number of benzene rings is 1. The van der Waals surface area contributed by atoms with Gasteiger partial charge in [-0.3, -0.25) is 4.79 Å². The lowest BCUT2D eigenvalue weighted by molar-refractivity contribution is 0.0694. The van der Waals surface area contributed by atoms with Gasteiger partial charge >= 0.3 is 5.97 Å². The number of aryl methyl sites for hydroxylation is 2. The minimum absolute atomic E-state index is 0.223. The van der Waals surface area contributed by atoms with Gasteiger partial charge in [-0.2, -0.15) is 0 Å². The van der Waals surface area contributed by atoms with Crippen LogP contribution < -0.4 is 5.43 Å². The number of nitrogens with zero attached hydrogens (tertiary/aromatic N) is 3. The highest BCUT2D eigenvalue weighted by Gasteiger charge is 2.15. The van der Waals surface area contributed by atoms with Crippen molar-refractivity contribution in [3.63, 3.8) is 0 Å². The number of imidazole rings is 1. The van der Waals surface area contributed by atoms with E-state index in [0.29, 0.717) is 18.7 Å². The second-order valence-corrected chi connectivity index (χ2v) is 5.27. The number of carboxylic acids is 1. The molecule has 0 fully saturated rings. The number of hydrogen-bond donors (Lipinski definition) is 1. The van der Waals surface area contributed by atoms with Crippen molar-refractivity contribution in [1.29, 1.82) is 0 Å². The Morgan fingerprint density at radius 2 is 1.83 bits per heavy atom. The summed E-state index contributed by atoms with van der Waals surface area (Å²) < 4.78 is 16.6. The molecule has 0 atom stereocenters. The Morgan fingerprint density at radius 1 is 1.12 bits per heavy atom. The molecule has 1 aromatic carbocycles. The second kappa shape index (κ2) is 6.49. The number of pyridine rings is 1. The van der Waals surface area contributed by atoms with Crippen LogP contribution >= 0.6 is 0 Å². The van der Waals surface area contributed by atoms with Crippen LogP contribution in [-0.2, 0) is 13.1 Å². The van der Waals surface area contributed by atoms with E-state index in [4.69, 9.17) is 0 Å². The van der Waals surface area contributed by atoms with Gasteiger partial charge in [0, 0.05) is 43.4 Å². The number of aromatic carboxylic acids is 1. The largest absolute Gasteiger partial charge is 0.477 e. The SMILES string of the molecule is O=C(O)c1cn(CCn2ccnc2)cc(-c2ccc(F)cc2)c1=O. The molecule has 6 nitrogen and oxygen atoms in total. The maximum Gasteiger partial charge on any atom is 0.341 e. The van der Waals surface area contributed by atoms with Gasteiger partial charge in [0.15, 0.2) is 0 Å². The first-order valence-corrected chi connectivity index (χ1v) is 7.23. The second-order valence-electron chi connectivity index (χ2n) is 5.27. The van der Waals surface area contributed by atoms with E-state index in [-0.39, 0.29) is 11.1 Å². The Bertz CT molecular complexity index is 915. The Labute approximate surface area is 136 Å². The molecule has 3 aromatic rings. The van der Waals surface area contributed by atoms with Crippen molar-refractivity contribution >= 4 is 5.97 Å². The fourth-order valence-electron chi connectivity index (χ4n) is 2.40. The average molecular weight is 327 g/mol. The number of halogens is 1. The van der Waals surface area contributed by atoms with Crippen LogP contribution in [0.4, 0.5) is 4.39 Å².